The van der Waals surface area contributed by atoms with Gasteiger partial charge in [-0.15, -0.1) is 0 Å². The van der Waals surface area contributed by atoms with Gasteiger partial charge >= 0.3 is 0 Å². The second kappa shape index (κ2) is 4.68. The molecule has 2 heterocycles. The third-order valence-electron chi connectivity index (χ3n) is 3.36. The molecule has 0 N–H and O–H groups in total. The molecule has 1 aromatic heterocycles. The topological polar surface area (TPSA) is 38.1 Å². The predicted molar refractivity (Wildman–Crippen MR) is 61.9 cm³/mol. The molecule has 1 atom stereocenters. The van der Waals surface area contributed by atoms with Crippen LogP contribution in [0, 0.1) is 5.92 Å². The van der Waals surface area contributed by atoms with Crippen LogP contribution in [0.3, 0.4) is 0 Å². The highest BCUT2D eigenvalue weighted by Gasteiger charge is 2.22. The number of imidazole rings is 1. The van der Waals surface area contributed by atoms with Gasteiger partial charge in [-0.1, -0.05) is 0 Å². The molecular formula is C12H19N3O. The maximum Gasteiger partial charge on any atom is 0.219 e. The lowest BCUT2D eigenvalue weighted by Crippen LogP contribution is -2.39. The number of rotatable bonds is 2. The molecule has 2 rings (SSSR count). The second-order valence-electron chi connectivity index (χ2n) is 4.63. The number of carbonyl (C=O) groups is 1. The molecule has 0 unspecified atom stereocenters. The molecule has 0 radical (unpaired) electrons. The van der Waals surface area contributed by atoms with Crippen LogP contribution in [0.25, 0.3) is 0 Å². The van der Waals surface area contributed by atoms with E-state index in [1.807, 2.05) is 24.3 Å². The molecule has 0 aromatic carbocycles. The molecule has 4 nitrogen and oxygen atoms in total. The Morgan fingerprint density at radius 2 is 2.44 bits per heavy atom. The molecule has 1 aliphatic rings. The minimum absolute atomic E-state index is 0.199. The zero-order valence-corrected chi connectivity index (χ0v) is 10.0. The quantitative estimate of drug-likeness (QED) is 0.753. The summed E-state index contributed by atoms with van der Waals surface area (Å²) in [6, 6.07) is 0. The van der Waals surface area contributed by atoms with Crippen LogP contribution in [0.2, 0.25) is 0 Å². The first-order chi connectivity index (χ1) is 7.66. The fourth-order valence-corrected chi connectivity index (χ4v) is 2.37. The van der Waals surface area contributed by atoms with E-state index in [1.54, 1.807) is 6.92 Å². The van der Waals surface area contributed by atoms with Gasteiger partial charge in [-0.25, -0.2) is 4.98 Å². The monoisotopic (exact) mass is 221 g/mol. The van der Waals surface area contributed by atoms with Gasteiger partial charge in [0, 0.05) is 45.9 Å². The highest BCUT2D eigenvalue weighted by molar-refractivity contribution is 5.73. The molecule has 0 spiro atoms. The Bertz CT molecular complexity index is 372. The van der Waals surface area contributed by atoms with Gasteiger partial charge in [0.1, 0.15) is 5.82 Å². The minimum atomic E-state index is 0.199. The third-order valence-corrected chi connectivity index (χ3v) is 3.36. The Kier molecular flexibility index (Phi) is 3.27. The number of aromatic nitrogens is 2. The lowest BCUT2D eigenvalue weighted by molar-refractivity contribution is -0.130. The van der Waals surface area contributed by atoms with Crippen molar-refractivity contribution in [2.45, 2.75) is 26.2 Å². The highest BCUT2D eigenvalue weighted by atomic mass is 16.2. The summed E-state index contributed by atoms with van der Waals surface area (Å²) in [5.74, 6) is 1.89. The van der Waals surface area contributed by atoms with Crippen LogP contribution in [-0.4, -0.2) is 33.4 Å². The molecule has 1 saturated heterocycles. The third kappa shape index (κ3) is 2.43. The summed E-state index contributed by atoms with van der Waals surface area (Å²) in [7, 11) is 2.02. The van der Waals surface area contributed by atoms with E-state index < -0.39 is 0 Å². The van der Waals surface area contributed by atoms with Crippen molar-refractivity contribution in [3.63, 3.8) is 0 Å². The molecule has 4 heteroatoms. The molecular weight excluding hydrogens is 202 g/mol. The summed E-state index contributed by atoms with van der Waals surface area (Å²) in [6.07, 6.45) is 7.11. The Morgan fingerprint density at radius 3 is 3.06 bits per heavy atom. The van der Waals surface area contributed by atoms with Crippen LogP contribution < -0.4 is 0 Å². The molecule has 16 heavy (non-hydrogen) atoms. The van der Waals surface area contributed by atoms with E-state index in [0.29, 0.717) is 5.92 Å². The van der Waals surface area contributed by atoms with Crippen molar-refractivity contribution in [1.82, 2.24) is 14.5 Å². The first-order valence-corrected chi connectivity index (χ1v) is 5.88. The molecule has 1 aliphatic heterocycles. The van der Waals surface area contributed by atoms with E-state index in [1.165, 1.54) is 6.42 Å². The van der Waals surface area contributed by atoms with Gasteiger partial charge in [0.05, 0.1) is 0 Å². The van der Waals surface area contributed by atoms with Crippen LogP contribution in [0.1, 0.15) is 25.6 Å². The molecule has 1 aromatic rings. The Labute approximate surface area is 96.3 Å². The average molecular weight is 221 g/mol. The van der Waals surface area contributed by atoms with Crippen LogP contribution in [-0.2, 0) is 18.3 Å². The van der Waals surface area contributed by atoms with Crippen LogP contribution in [0.5, 0.6) is 0 Å². The van der Waals surface area contributed by atoms with E-state index in [0.717, 1.165) is 31.8 Å². The van der Waals surface area contributed by atoms with E-state index in [9.17, 15) is 4.79 Å². The molecule has 88 valence electrons. The number of hydrogen-bond donors (Lipinski definition) is 0. The zero-order chi connectivity index (χ0) is 11.5. The standard InChI is InChI=1S/C12H19N3O/c1-10(16)15-6-3-4-11(9-15)8-12-13-5-7-14(12)2/h5,7,11H,3-4,6,8-9H2,1-2H3/t11-/m1/s1. The summed E-state index contributed by atoms with van der Waals surface area (Å²) in [4.78, 5) is 17.6. The van der Waals surface area contributed by atoms with Crippen molar-refractivity contribution in [2.75, 3.05) is 13.1 Å². The van der Waals surface area contributed by atoms with Gasteiger partial charge in [0.2, 0.25) is 5.91 Å². The molecule has 1 fully saturated rings. The fourth-order valence-electron chi connectivity index (χ4n) is 2.37. The summed E-state index contributed by atoms with van der Waals surface area (Å²) >= 11 is 0. The van der Waals surface area contributed by atoms with Crippen molar-refractivity contribution in [1.29, 1.82) is 0 Å². The van der Waals surface area contributed by atoms with Gasteiger partial charge in [-0.2, -0.15) is 0 Å². The van der Waals surface area contributed by atoms with Crippen molar-refractivity contribution in [3.8, 4) is 0 Å². The largest absolute Gasteiger partial charge is 0.343 e. The van der Waals surface area contributed by atoms with Gasteiger partial charge in [0.15, 0.2) is 0 Å². The van der Waals surface area contributed by atoms with E-state index >= 15 is 0 Å². The summed E-state index contributed by atoms with van der Waals surface area (Å²) in [5.41, 5.74) is 0. The van der Waals surface area contributed by atoms with E-state index in [-0.39, 0.29) is 5.91 Å². The summed E-state index contributed by atoms with van der Waals surface area (Å²) < 4.78 is 2.06. The number of carbonyl (C=O) groups excluding carboxylic acids is 1. The van der Waals surface area contributed by atoms with Gasteiger partial charge in [-0.05, 0) is 18.8 Å². The summed E-state index contributed by atoms with van der Waals surface area (Å²) in [5, 5.41) is 0. The Hall–Kier alpha value is -1.32. The molecule has 0 bridgehead atoms. The normalized spacial score (nSPS) is 21.1. The van der Waals surface area contributed by atoms with Crippen LogP contribution in [0.15, 0.2) is 12.4 Å². The number of piperidine rings is 1. The number of likely N-dealkylation sites (tertiary alicyclic amines) is 1. The number of hydrogen-bond acceptors (Lipinski definition) is 2. The number of amides is 1. The van der Waals surface area contributed by atoms with Crippen molar-refractivity contribution >= 4 is 5.91 Å². The average Bonchev–Trinajstić information content (AvgIpc) is 2.65. The highest BCUT2D eigenvalue weighted by Crippen LogP contribution is 2.19. The Morgan fingerprint density at radius 1 is 1.62 bits per heavy atom. The maximum absolute atomic E-state index is 11.3. The van der Waals surface area contributed by atoms with Gasteiger partial charge in [0.25, 0.3) is 0 Å². The first-order valence-electron chi connectivity index (χ1n) is 5.88. The Balaban J connectivity index is 1.95. The van der Waals surface area contributed by atoms with E-state index in [2.05, 4.69) is 9.55 Å². The SMILES string of the molecule is CC(=O)N1CCC[C@H](Cc2nccn2C)C1. The number of aryl methyl sites for hydroxylation is 1. The second-order valence-corrected chi connectivity index (χ2v) is 4.63. The van der Waals surface area contributed by atoms with Crippen molar-refractivity contribution in [2.24, 2.45) is 13.0 Å². The smallest absolute Gasteiger partial charge is 0.219 e. The van der Waals surface area contributed by atoms with Crippen molar-refractivity contribution in [3.05, 3.63) is 18.2 Å². The predicted octanol–water partition coefficient (Wildman–Crippen LogP) is 1.22. The molecule has 0 saturated carbocycles. The summed E-state index contributed by atoms with van der Waals surface area (Å²) in [6.45, 7) is 3.47. The van der Waals surface area contributed by atoms with Crippen LogP contribution in [0.4, 0.5) is 0 Å². The lowest BCUT2D eigenvalue weighted by Gasteiger charge is -2.31. The van der Waals surface area contributed by atoms with Gasteiger partial charge < -0.3 is 9.47 Å². The fraction of sp³-hybridized carbons (Fsp3) is 0.667. The van der Waals surface area contributed by atoms with Crippen molar-refractivity contribution < 1.29 is 4.79 Å². The van der Waals surface area contributed by atoms with Crippen LogP contribution >= 0.6 is 0 Å². The van der Waals surface area contributed by atoms with E-state index in [4.69, 9.17) is 0 Å². The zero-order valence-electron chi connectivity index (χ0n) is 10.0. The molecule has 1 amide bonds. The first kappa shape index (κ1) is 11.2. The molecule has 0 aliphatic carbocycles. The minimum Gasteiger partial charge on any atom is -0.343 e. The lowest BCUT2D eigenvalue weighted by atomic mass is 9.94. The maximum atomic E-state index is 11.3. The van der Waals surface area contributed by atoms with Gasteiger partial charge in [-0.3, -0.25) is 4.79 Å². The number of nitrogens with zero attached hydrogens (tertiary/aromatic N) is 3.